The minimum Gasteiger partial charge on any atom is -0.453 e. The molecule has 0 aliphatic carbocycles. The fourth-order valence-corrected chi connectivity index (χ4v) is 3.77. The monoisotopic (exact) mass is 457 g/mol. The first-order valence-corrected chi connectivity index (χ1v) is 10.8. The van der Waals surface area contributed by atoms with Gasteiger partial charge < -0.3 is 33.2 Å². The summed E-state index contributed by atoms with van der Waals surface area (Å²) in [4.78, 5) is 13.0. The topological polar surface area (TPSA) is 81.7 Å². The summed E-state index contributed by atoms with van der Waals surface area (Å²) in [6, 6.07) is 18.3. The Morgan fingerprint density at radius 1 is 1.00 bits per heavy atom. The molecule has 0 spiro atoms. The summed E-state index contributed by atoms with van der Waals surface area (Å²) in [5.41, 5.74) is 1.26. The predicted octanol–water partition coefficient (Wildman–Crippen LogP) is 3.63. The van der Waals surface area contributed by atoms with E-state index < -0.39 is 42.5 Å². The van der Waals surface area contributed by atoms with Crippen LogP contribution in [0.15, 0.2) is 60.7 Å². The van der Waals surface area contributed by atoms with Crippen LogP contribution in [0.4, 0.5) is 0 Å². The molecule has 177 valence electrons. The molecule has 2 aromatic rings. The van der Waals surface area contributed by atoms with Crippen molar-refractivity contribution in [2.24, 2.45) is 0 Å². The van der Waals surface area contributed by atoms with Crippen LogP contribution in [0, 0.1) is 6.29 Å². The van der Waals surface area contributed by atoms with Gasteiger partial charge in [-0.05, 0) is 26.0 Å². The fraction of sp³-hybridized carbons (Fsp3) is 0.440. The quantitative estimate of drug-likeness (QED) is 0.461. The molecule has 2 fully saturated rings. The number of fused-ring (bicyclic) bond motifs is 1. The standard InChI is InChI=1S/C25H29O8/c1-25(2,28-4)33-21-20(31-22(26)16-11-7-5-8-12-16)19-18(30-24(21)27-3)15-29-23(32-19)17-13-9-6-10-14-17/h5-14,18-21,23H,15H2,1-4H3/t18?,19-,20?,21?,23?/m1/s1. The van der Waals surface area contributed by atoms with E-state index in [0.717, 1.165) is 5.56 Å². The highest BCUT2D eigenvalue weighted by molar-refractivity contribution is 5.89. The van der Waals surface area contributed by atoms with Crippen molar-refractivity contribution < 1.29 is 38.0 Å². The zero-order valence-electron chi connectivity index (χ0n) is 19.1. The van der Waals surface area contributed by atoms with E-state index in [1.54, 1.807) is 38.1 Å². The Bertz CT molecular complexity index is 903. The Morgan fingerprint density at radius 3 is 2.30 bits per heavy atom. The SMILES string of the molecule is CO[C]1OC2COC(c3ccccc3)O[C@H]2C(OC(=O)c2ccccc2)C1OC(C)(C)OC. The lowest BCUT2D eigenvalue weighted by atomic mass is 9.96. The van der Waals surface area contributed by atoms with Crippen LogP contribution in [-0.4, -0.2) is 57.0 Å². The Morgan fingerprint density at radius 2 is 1.67 bits per heavy atom. The largest absolute Gasteiger partial charge is 0.453 e. The van der Waals surface area contributed by atoms with E-state index in [-0.39, 0.29) is 12.9 Å². The van der Waals surface area contributed by atoms with Crippen molar-refractivity contribution in [3.63, 3.8) is 0 Å². The van der Waals surface area contributed by atoms with Gasteiger partial charge in [-0.15, -0.1) is 0 Å². The third-order valence-corrected chi connectivity index (χ3v) is 5.61. The molecule has 1 radical (unpaired) electrons. The van der Waals surface area contributed by atoms with Crippen LogP contribution >= 0.6 is 0 Å². The number of hydrogen-bond donors (Lipinski definition) is 0. The van der Waals surface area contributed by atoms with Crippen molar-refractivity contribution in [3.05, 3.63) is 78.1 Å². The molecule has 2 saturated heterocycles. The van der Waals surface area contributed by atoms with Gasteiger partial charge in [-0.3, -0.25) is 0 Å². The van der Waals surface area contributed by atoms with E-state index in [1.807, 2.05) is 36.4 Å². The van der Waals surface area contributed by atoms with Gasteiger partial charge in [0.1, 0.15) is 12.2 Å². The number of carbonyl (C=O) groups is 1. The maximum Gasteiger partial charge on any atom is 0.338 e. The first-order chi connectivity index (χ1) is 15.9. The fourth-order valence-electron chi connectivity index (χ4n) is 3.77. The van der Waals surface area contributed by atoms with Crippen LogP contribution < -0.4 is 0 Å². The molecule has 0 amide bonds. The number of esters is 1. The van der Waals surface area contributed by atoms with E-state index >= 15 is 0 Å². The molecule has 4 unspecified atom stereocenters. The Kier molecular flexibility index (Phi) is 7.43. The average molecular weight is 457 g/mol. The predicted molar refractivity (Wildman–Crippen MR) is 117 cm³/mol. The molecule has 8 heteroatoms. The summed E-state index contributed by atoms with van der Waals surface area (Å²) in [6.45, 7) is 3.72. The first-order valence-electron chi connectivity index (χ1n) is 10.8. The lowest BCUT2D eigenvalue weighted by Crippen LogP contribution is -2.62. The Labute approximate surface area is 193 Å². The Hall–Kier alpha value is -2.33. The van der Waals surface area contributed by atoms with Crippen LogP contribution in [0.25, 0.3) is 0 Å². The molecule has 0 bridgehead atoms. The van der Waals surface area contributed by atoms with Gasteiger partial charge in [0.15, 0.2) is 24.3 Å². The smallest absolute Gasteiger partial charge is 0.338 e. The molecule has 0 saturated carbocycles. The highest BCUT2D eigenvalue weighted by atomic mass is 16.8. The van der Waals surface area contributed by atoms with Crippen molar-refractivity contribution in [1.29, 1.82) is 0 Å². The van der Waals surface area contributed by atoms with E-state index in [1.165, 1.54) is 14.2 Å². The van der Waals surface area contributed by atoms with Crippen LogP contribution in [0.2, 0.25) is 0 Å². The number of hydrogen-bond acceptors (Lipinski definition) is 8. The zero-order valence-corrected chi connectivity index (χ0v) is 19.1. The summed E-state index contributed by atoms with van der Waals surface area (Å²) >= 11 is 0. The van der Waals surface area contributed by atoms with E-state index in [2.05, 4.69) is 0 Å². The summed E-state index contributed by atoms with van der Waals surface area (Å²) in [5, 5.41) is 0. The maximum atomic E-state index is 13.0. The van der Waals surface area contributed by atoms with E-state index in [9.17, 15) is 4.79 Å². The summed E-state index contributed by atoms with van der Waals surface area (Å²) in [5.74, 6) is -1.52. The van der Waals surface area contributed by atoms with E-state index in [0.29, 0.717) is 5.56 Å². The lowest BCUT2D eigenvalue weighted by Gasteiger charge is -2.48. The highest BCUT2D eigenvalue weighted by Gasteiger charge is 2.55. The molecule has 4 rings (SSSR count). The van der Waals surface area contributed by atoms with Crippen LogP contribution in [-0.2, 0) is 33.2 Å². The molecule has 0 N–H and O–H groups in total. The second kappa shape index (κ2) is 10.3. The summed E-state index contributed by atoms with van der Waals surface area (Å²) < 4.78 is 41.3. The summed E-state index contributed by atoms with van der Waals surface area (Å²) in [7, 11) is 3.00. The second-order valence-corrected chi connectivity index (χ2v) is 8.23. The number of rotatable bonds is 7. The van der Waals surface area contributed by atoms with Gasteiger partial charge in [0.25, 0.3) is 6.29 Å². The molecule has 2 aliphatic rings. The van der Waals surface area contributed by atoms with Gasteiger partial charge in [-0.2, -0.15) is 0 Å². The number of carbonyl (C=O) groups excluding carboxylic acids is 1. The van der Waals surface area contributed by atoms with Gasteiger partial charge in [0, 0.05) is 19.8 Å². The molecular weight excluding hydrogens is 428 g/mol. The van der Waals surface area contributed by atoms with Gasteiger partial charge in [0.05, 0.1) is 12.2 Å². The minimum atomic E-state index is -1.01. The Balaban J connectivity index is 1.65. The molecule has 2 aliphatic heterocycles. The van der Waals surface area contributed by atoms with Gasteiger partial charge >= 0.3 is 5.97 Å². The van der Waals surface area contributed by atoms with Crippen molar-refractivity contribution >= 4 is 5.97 Å². The van der Waals surface area contributed by atoms with Gasteiger partial charge in [-0.1, -0.05) is 48.5 Å². The average Bonchev–Trinajstić information content (AvgIpc) is 2.85. The van der Waals surface area contributed by atoms with E-state index in [4.69, 9.17) is 33.2 Å². The van der Waals surface area contributed by atoms with Crippen LogP contribution in [0.3, 0.4) is 0 Å². The van der Waals surface area contributed by atoms with Crippen molar-refractivity contribution in [1.82, 2.24) is 0 Å². The third kappa shape index (κ3) is 5.43. The van der Waals surface area contributed by atoms with Gasteiger partial charge in [0.2, 0.25) is 0 Å². The lowest BCUT2D eigenvalue weighted by molar-refractivity contribution is -0.352. The van der Waals surface area contributed by atoms with Crippen molar-refractivity contribution in [3.8, 4) is 0 Å². The number of benzene rings is 2. The maximum absolute atomic E-state index is 13.0. The molecule has 2 heterocycles. The third-order valence-electron chi connectivity index (χ3n) is 5.61. The van der Waals surface area contributed by atoms with Crippen molar-refractivity contribution in [2.75, 3.05) is 20.8 Å². The minimum absolute atomic E-state index is 0.164. The molecule has 8 nitrogen and oxygen atoms in total. The van der Waals surface area contributed by atoms with Crippen molar-refractivity contribution in [2.45, 2.75) is 50.3 Å². The zero-order chi connectivity index (χ0) is 23.4. The van der Waals surface area contributed by atoms with Crippen LogP contribution in [0.1, 0.15) is 36.1 Å². The van der Waals surface area contributed by atoms with Crippen LogP contribution in [0.5, 0.6) is 0 Å². The second-order valence-electron chi connectivity index (χ2n) is 8.23. The number of ether oxygens (including phenoxy) is 7. The molecule has 2 aromatic carbocycles. The first kappa shape index (κ1) is 23.8. The number of methoxy groups -OCH3 is 2. The highest BCUT2D eigenvalue weighted by Crippen LogP contribution is 2.40. The molecule has 5 atom stereocenters. The molecular formula is C25H29O8. The summed E-state index contributed by atoms with van der Waals surface area (Å²) in [6.07, 6.45) is -3.48. The molecule has 0 aromatic heterocycles. The normalized spacial score (nSPS) is 28.2. The van der Waals surface area contributed by atoms with Gasteiger partial charge in [-0.25, -0.2) is 4.79 Å². The molecule has 33 heavy (non-hydrogen) atoms.